The largest absolute Gasteiger partial charge is 0.507 e. The third-order valence-electron chi connectivity index (χ3n) is 2.52. The molecule has 0 fully saturated rings. The van der Waals surface area contributed by atoms with E-state index in [4.69, 9.17) is 11.6 Å². The lowest BCUT2D eigenvalue weighted by molar-refractivity contribution is 0.104. The number of carbonyl (C=O) groups is 1. The maximum absolute atomic E-state index is 11.9. The van der Waals surface area contributed by atoms with Gasteiger partial charge in [-0.2, -0.15) is 0 Å². The number of ketones is 1. The van der Waals surface area contributed by atoms with Crippen LogP contribution in [0.2, 0.25) is 5.02 Å². The van der Waals surface area contributed by atoms with E-state index in [1.165, 1.54) is 24.3 Å². The van der Waals surface area contributed by atoms with Gasteiger partial charge in [0, 0.05) is 9.50 Å². The highest BCUT2D eigenvalue weighted by Gasteiger charge is 2.08. The molecule has 1 N–H and O–H groups in total. The lowest BCUT2D eigenvalue weighted by Gasteiger charge is -2.01. The monoisotopic (exact) mass is 336 g/mol. The fraction of sp³-hybridized carbons (Fsp3) is 0. The standard InChI is InChI=1S/C15H10BrClO2/c16-11-4-1-10(2-5-11)3-7-14(18)13-9-12(17)6-8-15(13)19/h1-9,19H. The van der Waals surface area contributed by atoms with E-state index < -0.39 is 0 Å². The van der Waals surface area contributed by atoms with Gasteiger partial charge in [-0.15, -0.1) is 0 Å². The van der Waals surface area contributed by atoms with Gasteiger partial charge in [0.1, 0.15) is 5.75 Å². The summed E-state index contributed by atoms with van der Waals surface area (Å²) in [7, 11) is 0. The first-order valence-electron chi connectivity index (χ1n) is 5.53. The summed E-state index contributed by atoms with van der Waals surface area (Å²) in [5.41, 5.74) is 1.10. The van der Waals surface area contributed by atoms with Gasteiger partial charge in [-0.25, -0.2) is 0 Å². The molecule has 0 aliphatic heterocycles. The molecule has 4 heteroatoms. The number of carbonyl (C=O) groups excluding carboxylic acids is 1. The molecule has 0 bridgehead atoms. The van der Waals surface area contributed by atoms with Crippen molar-refractivity contribution in [1.29, 1.82) is 0 Å². The summed E-state index contributed by atoms with van der Waals surface area (Å²) in [4.78, 5) is 11.9. The van der Waals surface area contributed by atoms with Crippen LogP contribution in [0.4, 0.5) is 0 Å². The summed E-state index contributed by atoms with van der Waals surface area (Å²) in [6, 6.07) is 11.9. The van der Waals surface area contributed by atoms with Crippen molar-refractivity contribution < 1.29 is 9.90 Å². The van der Waals surface area contributed by atoms with E-state index in [1.807, 2.05) is 24.3 Å². The maximum atomic E-state index is 11.9. The fourth-order valence-electron chi connectivity index (χ4n) is 1.54. The van der Waals surface area contributed by atoms with Crippen molar-refractivity contribution in [1.82, 2.24) is 0 Å². The van der Waals surface area contributed by atoms with Crippen LogP contribution in [-0.4, -0.2) is 10.9 Å². The van der Waals surface area contributed by atoms with Gasteiger partial charge in [-0.05, 0) is 42.0 Å². The highest BCUT2D eigenvalue weighted by Crippen LogP contribution is 2.22. The summed E-state index contributed by atoms with van der Waals surface area (Å²) in [6.07, 6.45) is 3.10. The van der Waals surface area contributed by atoms with E-state index in [0.29, 0.717) is 5.02 Å². The lowest BCUT2D eigenvalue weighted by Crippen LogP contribution is -1.94. The molecule has 0 saturated heterocycles. The molecule has 19 heavy (non-hydrogen) atoms. The van der Waals surface area contributed by atoms with Crippen molar-refractivity contribution >= 4 is 39.4 Å². The van der Waals surface area contributed by atoms with Crippen LogP contribution in [0.25, 0.3) is 6.08 Å². The number of hydrogen-bond acceptors (Lipinski definition) is 2. The third-order valence-corrected chi connectivity index (χ3v) is 3.28. The van der Waals surface area contributed by atoms with Crippen molar-refractivity contribution in [3.8, 4) is 5.75 Å². The molecule has 2 nitrogen and oxygen atoms in total. The SMILES string of the molecule is O=C(C=Cc1ccc(Br)cc1)c1cc(Cl)ccc1O. The Bertz CT molecular complexity index is 633. The number of halogens is 2. The Labute approximate surface area is 124 Å². The molecule has 0 aromatic heterocycles. The Hall–Kier alpha value is -1.58. The highest BCUT2D eigenvalue weighted by atomic mass is 79.9. The number of allylic oxidation sites excluding steroid dienone is 1. The van der Waals surface area contributed by atoms with Crippen LogP contribution < -0.4 is 0 Å². The minimum absolute atomic E-state index is 0.0742. The molecule has 0 amide bonds. The van der Waals surface area contributed by atoms with Gasteiger partial charge in [-0.1, -0.05) is 45.7 Å². The summed E-state index contributed by atoms with van der Waals surface area (Å²) in [5.74, 6) is -0.363. The number of hydrogen-bond donors (Lipinski definition) is 1. The second-order valence-electron chi connectivity index (χ2n) is 3.91. The quantitative estimate of drug-likeness (QED) is 0.651. The van der Waals surface area contributed by atoms with Gasteiger partial charge >= 0.3 is 0 Å². The lowest BCUT2D eigenvalue weighted by atomic mass is 10.1. The van der Waals surface area contributed by atoms with Gasteiger partial charge < -0.3 is 5.11 Å². The number of aromatic hydroxyl groups is 1. The van der Waals surface area contributed by atoms with Gasteiger partial charge in [-0.3, -0.25) is 4.79 Å². The summed E-state index contributed by atoms with van der Waals surface area (Å²) in [5, 5.41) is 10.0. The first-order chi connectivity index (χ1) is 9.06. The molecule has 0 aliphatic carbocycles. The molecule has 2 aromatic rings. The van der Waals surface area contributed by atoms with Gasteiger partial charge in [0.2, 0.25) is 0 Å². The van der Waals surface area contributed by atoms with Crippen molar-refractivity contribution in [3.05, 3.63) is 69.2 Å². The van der Waals surface area contributed by atoms with Crippen molar-refractivity contribution in [2.24, 2.45) is 0 Å². The molecule has 0 aliphatic rings. The van der Waals surface area contributed by atoms with Crippen molar-refractivity contribution in [2.75, 3.05) is 0 Å². The third kappa shape index (κ3) is 3.69. The highest BCUT2D eigenvalue weighted by molar-refractivity contribution is 9.10. The second-order valence-corrected chi connectivity index (χ2v) is 5.26. The van der Waals surface area contributed by atoms with Crippen molar-refractivity contribution in [2.45, 2.75) is 0 Å². The fourth-order valence-corrected chi connectivity index (χ4v) is 1.98. The first kappa shape index (κ1) is 13.8. The molecule has 96 valence electrons. The molecule has 0 atom stereocenters. The Balaban J connectivity index is 2.21. The van der Waals surface area contributed by atoms with Crippen LogP contribution in [-0.2, 0) is 0 Å². The predicted octanol–water partition coefficient (Wildman–Crippen LogP) is 4.70. The van der Waals surface area contributed by atoms with E-state index in [1.54, 1.807) is 6.08 Å². The van der Waals surface area contributed by atoms with Gasteiger partial charge in [0.05, 0.1) is 5.56 Å². The van der Waals surface area contributed by atoms with Crippen LogP contribution in [0.5, 0.6) is 5.75 Å². The summed E-state index contributed by atoms with van der Waals surface area (Å²) >= 11 is 9.14. The molecular weight excluding hydrogens is 328 g/mol. The van der Waals surface area contributed by atoms with Crippen LogP contribution in [0.15, 0.2) is 53.0 Å². The maximum Gasteiger partial charge on any atom is 0.189 e. The molecule has 0 saturated carbocycles. The number of phenols is 1. The van der Waals surface area contributed by atoms with Crippen molar-refractivity contribution in [3.63, 3.8) is 0 Å². The van der Waals surface area contributed by atoms with Gasteiger partial charge in [0.15, 0.2) is 5.78 Å². The zero-order valence-electron chi connectivity index (χ0n) is 9.81. The zero-order valence-corrected chi connectivity index (χ0v) is 12.1. The van der Waals surface area contributed by atoms with E-state index in [9.17, 15) is 9.90 Å². The Kier molecular flexibility index (Phi) is 4.40. The molecular formula is C15H10BrClO2. The van der Waals surface area contributed by atoms with E-state index in [-0.39, 0.29) is 17.1 Å². The summed E-state index contributed by atoms with van der Waals surface area (Å²) < 4.78 is 0.975. The van der Waals surface area contributed by atoms with E-state index in [0.717, 1.165) is 10.0 Å². The van der Waals surface area contributed by atoms with Crippen LogP contribution in [0.3, 0.4) is 0 Å². The molecule has 0 heterocycles. The predicted molar refractivity (Wildman–Crippen MR) is 80.6 cm³/mol. The smallest absolute Gasteiger partial charge is 0.189 e. The molecule has 2 aromatic carbocycles. The molecule has 0 unspecified atom stereocenters. The van der Waals surface area contributed by atoms with E-state index >= 15 is 0 Å². The van der Waals surface area contributed by atoms with Crippen LogP contribution >= 0.6 is 27.5 Å². The number of benzene rings is 2. The second kappa shape index (κ2) is 6.04. The summed E-state index contributed by atoms with van der Waals surface area (Å²) in [6.45, 7) is 0. The Morgan fingerprint density at radius 2 is 1.84 bits per heavy atom. The number of rotatable bonds is 3. The van der Waals surface area contributed by atoms with Crippen LogP contribution in [0, 0.1) is 0 Å². The number of phenolic OH excluding ortho intramolecular Hbond substituents is 1. The Morgan fingerprint density at radius 3 is 2.53 bits per heavy atom. The minimum Gasteiger partial charge on any atom is -0.507 e. The normalized spacial score (nSPS) is 10.8. The average Bonchev–Trinajstić information content (AvgIpc) is 2.40. The van der Waals surface area contributed by atoms with E-state index in [2.05, 4.69) is 15.9 Å². The minimum atomic E-state index is -0.289. The topological polar surface area (TPSA) is 37.3 Å². The first-order valence-corrected chi connectivity index (χ1v) is 6.70. The molecule has 2 rings (SSSR count). The average molecular weight is 338 g/mol. The van der Waals surface area contributed by atoms with Gasteiger partial charge in [0.25, 0.3) is 0 Å². The van der Waals surface area contributed by atoms with Crippen LogP contribution in [0.1, 0.15) is 15.9 Å². The zero-order chi connectivity index (χ0) is 13.8. The molecule has 0 spiro atoms. The Morgan fingerprint density at radius 1 is 1.16 bits per heavy atom. The molecule has 0 radical (unpaired) electrons.